The van der Waals surface area contributed by atoms with Crippen molar-refractivity contribution < 1.29 is 14.7 Å². The minimum atomic E-state index is -0.940. The average Bonchev–Trinajstić information content (AvgIpc) is 3.04. The fraction of sp³-hybridized carbons (Fsp3) is 0.571. The fourth-order valence-corrected chi connectivity index (χ4v) is 4.07. The van der Waals surface area contributed by atoms with Gasteiger partial charge in [0.25, 0.3) is 0 Å². The third-order valence-electron chi connectivity index (χ3n) is 4.24. The van der Waals surface area contributed by atoms with Gasteiger partial charge in [-0.15, -0.1) is 11.3 Å². The van der Waals surface area contributed by atoms with Crippen LogP contribution >= 0.6 is 11.3 Å². The van der Waals surface area contributed by atoms with Crippen molar-refractivity contribution in [3.05, 3.63) is 21.9 Å². The standard InChI is InChI=1S/C14H18N2O3S/c1-9-3-2-6-15(9)14(19)16-7-4-11-10(5-8-20-11)12(16)13(17)18/h5,8-9,12H,2-4,6-7H2,1H3,(H,17,18). The summed E-state index contributed by atoms with van der Waals surface area (Å²) in [4.78, 5) is 28.7. The zero-order chi connectivity index (χ0) is 14.3. The molecule has 1 saturated heterocycles. The van der Waals surface area contributed by atoms with E-state index < -0.39 is 12.0 Å². The number of carboxylic acids is 1. The number of fused-ring (bicyclic) bond motifs is 1. The molecule has 2 unspecified atom stereocenters. The predicted molar refractivity (Wildman–Crippen MR) is 75.9 cm³/mol. The number of likely N-dealkylation sites (tertiary alicyclic amines) is 1. The highest BCUT2D eigenvalue weighted by Crippen LogP contribution is 2.35. The van der Waals surface area contributed by atoms with Crippen LogP contribution in [0.15, 0.2) is 11.4 Å². The first-order valence-electron chi connectivity index (χ1n) is 6.96. The van der Waals surface area contributed by atoms with Crippen molar-refractivity contribution in [3.8, 4) is 0 Å². The van der Waals surface area contributed by atoms with Crippen molar-refractivity contribution in [3.63, 3.8) is 0 Å². The predicted octanol–water partition coefficient (Wildman–Crippen LogP) is 2.34. The first kappa shape index (κ1) is 13.4. The molecule has 1 fully saturated rings. The Morgan fingerprint density at radius 2 is 2.15 bits per heavy atom. The number of hydrogen-bond donors (Lipinski definition) is 1. The minimum Gasteiger partial charge on any atom is -0.479 e. The Hall–Kier alpha value is -1.56. The Balaban J connectivity index is 1.89. The summed E-state index contributed by atoms with van der Waals surface area (Å²) in [7, 11) is 0. The molecule has 0 aliphatic carbocycles. The smallest absolute Gasteiger partial charge is 0.331 e. The molecule has 108 valence electrons. The van der Waals surface area contributed by atoms with Gasteiger partial charge in [0, 0.05) is 24.0 Å². The van der Waals surface area contributed by atoms with Gasteiger partial charge in [0.15, 0.2) is 6.04 Å². The van der Waals surface area contributed by atoms with Crippen molar-refractivity contribution in [1.82, 2.24) is 9.80 Å². The second-order valence-corrected chi connectivity index (χ2v) is 6.45. The monoisotopic (exact) mass is 294 g/mol. The molecule has 0 spiro atoms. The van der Waals surface area contributed by atoms with E-state index in [-0.39, 0.29) is 12.1 Å². The van der Waals surface area contributed by atoms with E-state index in [4.69, 9.17) is 0 Å². The highest BCUT2D eigenvalue weighted by molar-refractivity contribution is 7.10. The molecule has 2 atom stereocenters. The molecule has 1 aromatic rings. The van der Waals surface area contributed by atoms with Crippen molar-refractivity contribution in [2.45, 2.75) is 38.3 Å². The Morgan fingerprint density at radius 3 is 2.80 bits per heavy atom. The van der Waals surface area contributed by atoms with Gasteiger partial charge in [-0.3, -0.25) is 0 Å². The Kier molecular flexibility index (Phi) is 3.41. The summed E-state index contributed by atoms with van der Waals surface area (Å²) in [6.07, 6.45) is 2.76. The first-order valence-corrected chi connectivity index (χ1v) is 7.84. The quantitative estimate of drug-likeness (QED) is 0.864. The van der Waals surface area contributed by atoms with Gasteiger partial charge in [0.2, 0.25) is 0 Å². The van der Waals surface area contributed by atoms with Crippen LogP contribution in [0.3, 0.4) is 0 Å². The van der Waals surface area contributed by atoms with Gasteiger partial charge < -0.3 is 14.9 Å². The molecule has 0 saturated carbocycles. The zero-order valence-electron chi connectivity index (χ0n) is 11.4. The molecule has 1 N–H and O–H groups in total. The molecule has 20 heavy (non-hydrogen) atoms. The summed E-state index contributed by atoms with van der Waals surface area (Å²) in [5, 5.41) is 11.4. The van der Waals surface area contributed by atoms with Gasteiger partial charge in [-0.25, -0.2) is 9.59 Å². The fourth-order valence-electron chi connectivity index (χ4n) is 3.17. The van der Waals surface area contributed by atoms with Crippen LogP contribution in [0.2, 0.25) is 0 Å². The lowest BCUT2D eigenvalue weighted by Crippen LogP contribution is -2.50. The molecule has 5 nitrogen and oxygen atoms in total. The normalized spacial score (nSPS) is 25.6. The summed E-state index contributed by atoms with van der Waals surface area (Å²) < 4.78 is 0. The van der Waals surface area contributed by atoms with Crippen LogP contribution in [0.25, 0.3) is 0 Å². The maximum absolute atomic E-state index is 12.6. The van der Waals surface area contributed by atoms with E-state index in [1.807, 2.05) is 23.3 Å². The second-order valence-electron chi connectivity index (χ2n) is 5.45. The molecule has 1 aromatic heterocycles. The van der Waals surface area contributed by atoms with Gasteiger partial charge in [-0.1, -0.05) is 0 Å². The molecule has 2 aliphatic rings. The summed E-state index contributed by atoms with van der Waals surface area (Å²) in [6.45, 7) is 3.26. The number of carbonyl (C=O) groups excluding carboxylic acids is 1. The van der Waals surface area contributed by atoms with Gasteiger partial charge in [-0.2, -0.15) is 0 Å². The molecular weight excluding hydrogens is 276 g/mol. The van der Waals surface area contributed by atoms with Crippen LogP contribution in [-0.4, -0.2) is 46.0 Å². The molecule has 2 aliphatic heterocycles. The highest BCUT2D eigenvalue weighted by Gasteiger charge is 2.40. The number of carbonyl (C=O) groups is 2. The Bertz CT molecular complexity index is 542. The number of nitrogens with zero attached hydrogens (tertiary/aromatic N) is 2. The van der Waals surface area contributed by atoms with Crippen LogP contribution < -0.4 is 0 Å². The maximum atomic E-state index is 12.6. The van der Waals surface area contributed by atoms with Gasteiger partial charge in [0.1, 0.15) is 0 Å². The number of hydrogen-bond acceptors (Lipinski definition) is 3. The number of rotatable bonds is 1. The first-order chi connectivity index (χ1) is 9.59. The van der Waals surface area contributed by atoms with Crippen LogP contribution in [0.1, 0.15) is 36.2 Å². The molecule has 3 rings (SSSR count). The second kappa shape index (κ2) is 5.09. The van der Waals surface area contributed by atoms with Crippen LogP contribution in [0.5, 0.6) is 0 Å². The van der Waals surface area contributed by atoms with Crippen LogP contribution in [0, 0.1) is 0 Å². The molecule has 0 aromatic carbocycles. The largest absolute Gasteiger partial charge is 0.479 e. The van der Waals surface area contributed by atoms with Crippen LogP contribution in [0.4, 0.5) is 4.79 Å². The third kappa shape index (κ3) is 2.08. The summed E-state index contributed by atoms with van der Waals surface area (Å²) in [5.41, 5.74) is 0.786. The van der Waals surface area contributed by atoms with Crippen molar-refractivity contribution in [2.24, 2.45) is 0 Å². The van der Waals surface area contributed by atoms with Crippen LogP contribution in [-0.2, 0) is 11.2 Å². The van der Waals surface area contributed by atoms with Crippen molar-refractivity contribution in [1.29, 1.82) is 0 Å². The van der Waals surface area contributed by atoms with E-state index in [2.05, 4.69) is 0 Å². The lowest BCUT2D eigenvalue weighted by atomic mass is 10.0. The molecule has 2 amide bonds. The van der Waals surface area contributed by atoms with E-state index in [0.717, 1.165) is 36.2 Å². The topological polar surface area (TPSA) is 60.9 Å². The molecule has 6 heteroatoms. The summed E-state index contributed by atoms with van der Waals surface area (Å²) in [6, 6.07) is 1.09. The third-order valence-corrected chi connectivity index (χ3v) is 5.24. The number of carboxylic acid groups (broad SMARTS) is 1. The SMILES string of the molecule is CC1CCCN1C(=O)N1CCc2sccc2C1C(=O)O. The van der Waals surface area contributed by atoms with Gasteiger partial charge >= 0.3 is 12.0 Å². The Morgan fingerprint density at radius 1 is 1.35 bits per heavy atom. The average molecular weight is 294 g/mol. The van der Waals surface area contributed by atoms with E-state index in [9.17, 15) is 14.7 Å². The molecular formula is C14H18N2O3S. The lowest BCUT2D eigenvalue weighted by Gasteiger charge is -2.37. The highest BCUT2D eigenvalue weighted by atomic mass is 32.1. The minimum absolute atomic E-state index is 0.126. The summed E-state index contributed by atoms with van der Waals surface area (Å²) in [5.74, 6) is -0.940. The van der Waals surface area contributed by atoms with Gasteiger partial charge in [-0.05, 0) is 43.2 Å². The molecule has 0 bridgehead atoms. The number of thiophene rings is 1. The molecule has 3 heterocycles. The van der Waals surface area contributed by atoms with Crippen molar-refractivity contribution in [2.75, 3.05) is 13.1 Å². The van der Waals surface area contributed by atoms with Crippen molar-refractivity contribution >= 4 is 23.3 Å². The summed E-state index contributed by atoms with van der Waals surface area (Å²) >= 11 is 1.58. The number of amides is 2. The van der Waals surface area contributed by atoms with E-state index in [1.165, 1.54) is 4.90 Å². The van der Waals surface area contributed by atoms with E-state index in [1.54, 1.807) is 11.3 Å². The lowest BCUT2D eigenvalue weighted by molar-refractivity contribution is -0.143. The van der Waals surface area contributed by atoms with Gasteiger partial charge in [0.05, 0.1) is 0 Å². The van der Waals surface area contributed by atoms with E-state index in [0.29, 0.717) is 6.54 Å². The van der Waals surface area contributed by atoms with E-state index >= 15 is 0 Å². The molecule has 0 radical (unpaired) electrons. The maximum Gasteiger partial charge on any atom is 0.331 e. The zero-order valence-corrected chi connectivity index (χ0v) is 12.2. The number of aliphatic carboxylic acids is 1. The number of urea groups is 1. The Labute approximate surface area is 121 Å².